The van der Waals surface area contributed by atoms with Crippen LogP contribution in [0.1, 0.15) is 45.0 Å². The van der Waals surface area contributed by atoms with Crippen LogP contribution in [-0.2, 0) is 16.0 Å². The number of unbranched alkanes of at least 4 members (excludes halogenated alkanes) is 1. The summed E-state index contributed by atoms with van der Waals surface area (Å²) in [5.74, 6) is 0.965. The monoisotopic (exact) mass is 607 g/mol. The molecule has 0 aliphatic heterocycles. The van der Waals surface area contributed by atoms with Crippen molar-refractivity contribution in [1.82, 2.24) is 9.66 Å². The van der Waals surface area contributed by atoms with Crippen LogP contribution in [-0.4, -0.2) is 41.7 Å². The number of benzene rings is 2. The largest absolute Gasteiger partial charge is 0.490 e. The van der Waals surface area contributed by atoms with Gasteiger partial charge in [-0.25, -0.2) is 9.78 Å². The van der Waals surface area contributed by atoms with Crippen molar-refractivity contribution in [2.45, 2.75) is 40.0 Å². The van der Waals surface area contributed by atoms with E-state index in [1.807, 2.05) is 19.1 Å². The van der Waals surface area contributed by atoms with E-state index >= 15 is 0 Å². The number of nitrogens with zero attached hydrogens (tertiary/aromatic N) is 3. The molecule has 3 rings (SSSR count). The van der Waals surface area contributed by atoms with Gasteiger partial charge in [0.05, 0.1) is 30.3 Å². The van der Waals surface area contributed by atoms with Gasteiger partial charge in [0.1, 0.15) is 5.82 Å². The number of fused-ring (bicyclic) bond motifs is 1. The molecule has 0 amide bonds. The van der Waals surface area contributed by atoms with Crippen LogP contribution >= 0.6 is 31.9 Å². The van der Waals surface area contributed by atoms with E-state index in [1.54, 1.807) is 31.3 Å². The van der Waals surface area contributed by atoms with Crippen LogP contribution in [0, 0.1) is 0 Å². The summed E-state index contributed by atoms with van der Waals surface area (Å²) in [6.45, 7) is 6.11. The second-order valence-corrected chi connectivity index (χ2v) is 9.27. The van der Waals surface area contributed by atoms with Crippen LogP contribution in [0.15, 0.2) is 49.2 Å². The molecule has 0 aliphatic carbocycles. The first-order valence-electron chi connectivity index (χ1n) is 11.4. The molecular formula is C25H27Br2N3O5. The highest BCUT2D eigenvalue weighted by Gasteiger charge is 2.14. The van der Waals surface area contributed by atoms with Crippen molar-refractivity contribution in [2.24, 2.45) is 5.10 Å². The van der Waals surface area contributed by atoms with E-state index in [4.69, 9.17) is 19.2 Å². The predicted molar refractivity (Wildman–Crippen MR) is 143 cm³/mol. The highest BCUT2D eigenvalue weighted by Crippen LogP contribution is 2.33. The Morgan fingerprint density at radius 3 is 2.57 bits per heavy atom. The molecule has 186 valence electrons. The maximum absolute atomic E-state index is 13.3. The van der Waals surface area contributed by atoms with E-state index in [0.29, 0.717) is 51.3 Å². The number of aromatic nitrogens is 2. The fourth-order valence-corrected chi connectivity index (χ4v) is 4.09. The molecule has 0 bridgehead atoms. The van der Waals surface area contributed by atoms with Crippen LogP contribution in [0.25, 0.3) is 10.9 Å². The van der Waals surface area contributed by atoms with Crippen LogP contribution in [0.2, 0.25) is 0 Å². The quantitative estimate of drug-likeness (QED) is 0.211. The van der Waals surface area contributed by atoms with Gasteiger partial charge in [0.25, 0.3) is 5.56 Å². The van der Waals surface area contributed by atoms with Gasteiger partial charge < -0.3 is 14.2 Å². The van der Waals surface area contributed by atoms with Crippen molar-refractivity contribution >= 4 is 54.9 Å². The third kappa shape index (κ3) is 6.91. The second-order valence-electron chi connectivity index (χ2n) is 7.50. The number of halogens is 2. The topological polar surface area (TPSA) is 92.0 Å². The number of hydrogen-bond donors (Lipinski definition) is 0. The van der Waals surface area contributed by atoms with E-state index in [9.17, 15) is 9.59 Å². The molecule has 0 N–H and O–H groups in total. The molecular weight excluding hydrogens is 582 g/mol. The molecule has 0 spiro atoms. The lowest BCUT2D eigenvalue weighted by molar-refractivity contribution is -0.145. The lowest BCUT2D eigenvalue weighted by Gasteiger charge is -2.13. The molecule has 0 atom stereocenters. The summed E-state index contributed by atoms with van der Waals surface area (Å²) < 4.78 is 19.0. The Bertz CT molecular complexity index is 1290. The molecule has 35 heavy (non-hydrogen) atoms. The average Bonchev–Trinajstić information content (AvgIpc) is 2.83. The third-order valence-corrected chi connectivity index (χ3v) is 6.14. The van der Waals surface area contributed by atoms with E-state index < -0.39 is 5.97 Å². The normalized spacial score (nSPS) is 11.2. The summed E-state index contributed by atoms with van der Waals surface area (Å²) in [7, 11) is 0. The Morgan fingerprint density at radius 2 is 1.86 bits per heavy atom. The number of ether oxygens (including phenoxy) is 3. The highest BCUT2D eigenvalue weighted by atomic mass is 79.9. The minimum absolute atomic E-state index is 0.234. The highest BCUT2D eigenvalue weighted by molar-refractivity contribution is 9.10. The van der Waals surface area contributed by atoms with E-state index in [1.165, 1.54) is 4.68 Å². The van der Waals surface area contributed by atoms with Gasteiger partial charge >= 0.3 is 5.97 Å². The Labute approximate surface area is 220 Å². The molecule has 0 radical (unpaired) electrons. The molecule has 0 fully saturated rings. The predicted octanol–water partition coefficient (Wildman–Crippen LogP) is 5.49. The summed E-state index contributed by atoms with van der Waals surface area (Å²) in [6, 6.07) is 8.87. The number of aryl methyl sites for hydroxylation is 1. The van der Waals surface area contributed by atoms with Crippen molar-refractivity contribution in [3.8, 4) is 11.5 Å². The van der Waals surface area contributed by atoms with E-state index in [2.05, 4.69) is 43.9 Å². The van der Waals surface area contributed by atoms with Crippen molar-refractivity contribution in [1.29, 1.82) is 0 Å². The zero-order chi connectivity index (χ0) is 25.4. The van der Waals surface area contributed by atoms with E-state index in [-0.39, 0.29) is 18.8 Å². The molecule has 0 unspecified atom stereocenters. The molecule has 1 heterocycles. The van der Waals surface area contributed by atoms with Gasteiger partial charge in [0.2, 0.25) is 0 Å². The molecule has 3 aromatic rings. The van der Waals surface area contributed by atoms with Crippen molar-refractivity contribution < 1.29 is 19.0 Å². The molecule has 10 heteroatoms. The van der Waals surface area contributed by atoms with Crippen LogP contribution in [0.5, 0.6) is 11.5 Å². The standard InChI is InChI=1S/C25H27Br2N3O5/c1-4-7-8-23-29-20-10-9-17(26)12-18(20)25(32)30(23)28-14-16-11-21(33-5-2)22(13-19(16)27)35-15-24(31)34-6-3/h9-14H,4-8,15H2,1-3H3. The number of esters is 1. The molecule has 2 aromatic carbocycles. The summed E-state index contributed by atoms with van der Waals surface area (Å²) in [6.07, 6.45) is 4.05. The van der Waals surface area contributed by atoms with Gasteiger partial charge in [-0.3, -0.25) is 4.79 Å². The molecule has 1 aromatic heterocycles. The van der Waals surface area contributed by atoms with Crippen molar-refractivity contribution in [2.75, 3.05) is 19.8 Å². The summed E-state index contributed by atoms with van der Waals surface area (Å²) in [5.41, 5.74) is 1.06. The number of carbonyl (C=O) groups is 1. The Balaban J connectivity index is 2.00. The number of hydrogen-bond acceptors (Lipinski definition) is 7. The van der Waals surface area contributed by atoms with Gasteiger partial charge in [-0.05, 0) is 66.5 Å². The average molecular weight is 609 g/mol. The summed E-state index contributed by atoms with van der Waals surface area (Å²) in [4.78, 5) is 29.7. The second kappa shape index (κ2) is 12.8. The van der Waals surface area contributed by atoms with Gasteiger partial charge in [0.15, 0.2) is 18.1 Å². The maximum Gasteiger partial charge on any atom is 0.344 e. The van der Waals surface area contributed by atoms with Crippen molar-refractivity contribution in [3.63, 3.8) is 0 Å². The van der Waals surface area contributed by atoms with Crippen LogP contribution < -0.4 is 15.0 Å². The maximum atomic E-state index is 13.3. The van der Waals surface area contributed by atoms with Crippen LogP contribution in [0.4, 0.5) is 0 Å². The van der Waals surface area contributed by atoms with Gasteiger partial charge in [-0.1, -0.05) is 29.3 Å². The van der Waals surface area contributed by atoms with Gasteiger partial charge in [-0.15, -0.1) is 0 Å². The minimum Gasteiger partial charge on any atom is -0.490 e. The Morgan fingerprint density at radius 1 is 1.09 bits per heavy atom. The smallest absolute Gasteiger partial charge is 0.344 e. The number of carbonyl (C=O) groups excluding carboxylic acids is 1. The Kier molecular flexibility index (Phi) is 9.85. The summed E-state index contributed by atoms with van der Waals surface area (Å²) >= 11 is 6.94. The minimum atomic E-state index is -0.467. The molecule has 0 saturated carbocycles. The molecule has 8 nitrogen and oxygen atoms in total. The fraction of sp³-hybridized carbons (Fsp3) is 0.360. The van der Waals surface area contributed by atoms with Crippen LogP contribution in [0.3, 0.4) is 0 Å². The lowest BCUT2D eigenvalue weighted by Crippen LogP contribution is -2.22. The Hall–Kier alpha value is -2.72. The SMILES string of the molecule is CCCCc1nc2ccc(Br)cc2c(=O)n1N=Cc1cc(OCC)c(OCC(=O)OCC)cc1Br. The zero-order valence-electron chi connectivity index (χ0n) is 19.8. The zero-order valence-corrected chi connectivity index (χ0v) is 23.0. The van der Waals surface area contributed by atoms with E-state index in [0.717, 1.165) is 17.3 Å². The third-order valence-electron chi connectivity index (χ3n) is 4.96. The van der Waals surface area contributed by atoms with Gasteiger partial charge in [0, 0.05) is 20.9 Å². The first kappa shape index (κ1) is 26.9. The summed E-state index contributed by atoms with van der Waals surface area (Å²) in [5, 5.41) is 4.98. The van der Waals surface area contributed by atoms with Gasteiger partial charge in [-0.2, -0.15) is 9.78 Å². The number of rotatable bonds is 11. The fourth-order valence-electron chi connectivity index (χ4n) is 3.30. The van der Waals surface area contributed by atoms with Crippen molar-refractivity contribution in [3.05, 3.63) is 61.0 Å². The molecule has 0 aliphatic rings. The lowest BCUT2D eigenvalue weighted by atomic mass is 10.2. The first-order valence-corrected chi connectivity index (χ1v) is 13.0. The molecule has 0 saturated heterocycles. The first-order chi connectivity index (χ1) is 16.9.